The highest BCUT2D eigenvalue weighted by Crippen LogP contribution is 2.24. The molecule has 0 aliphatic heterocycles. The summed E-state index contributed by atoms with van der Waals surface area (Å²) < 4.78 is 1.90. The average molecular weight is 264 g/mol. The minimum atomic E-state index is 0.131. The first-order valence-electron chi connectivity index (χ1n) is 6.06. The quantitative estimate of drug-likeness (QED) is 0.925. The SMILES string of the molecule is Cc1nn(-c2ccccc2Cl)c(C)c1CC(C)N. The molecule has 2 N–H and O–H groups in total. The van der Waals surface area contributed by atoms with E-state index in [0.29, 0.717) is 5.02 Å². The normalized spacial score (nSPS) is 12.7. The maximum atomic E-state index is 6.21. The summed E-state index contributed by atoms with van der Waals surface area (Å²) in [7, 11) is 0. The van der Waals surface area contributed by atoms with Crippen molar-refractivity contribution in [1.82, 2.24) is 9.78 Å². The zero-order valence-electron chi connectivity index (χ0n) is 10.9. The molecule has 0 aliphatic carbocycles. The van der Waals surface area contributed by atoms with Crippen molar-refractivity contribution in [3.05, 3.63) is 46.2 Å². The van der Waals surface area contributed by atoms with Crippen molar-refractivity contribution in [2.24, 2.45) is 5.73 Å². The fourth-order valence-corrected chi connectivity index (χ4v) is 2.37. The molecule has 0 fully saturated rings. The van der Waals surface area contributed by atoms with Gasteiger partial charge in [-0.25, -0.2) is 4.68 Å². The van der Waals surface area contributed by atoms with Gasteiger partial charge in [0, 0.05) is 11.7 Å². The van der Waals surface area contributed by atoms with E-state index in [9.17, 15) is 0 Å². The van der Waals surface area contributed by atoms with Crippen LogP contribution in [0.4, 0.5) is 0 Å². The molecule has 0 aliphatic rings. The van der Waals surface area contributed by atoms with E-state index in [-0.39, 0.29) is 6.04 Å². The highest BCUT2D eigenvalue weighted by Gasteiger charge is 2.15. The molecule has 2 rings (SSSR count). The third-order valence-corrected chi connectivity index (χ3v) is 3.37. The van der Waals surface area contributed by atoms with Crippen molar-refractivity contribution in [1.29, 1.82) is 0 Å². The van der Waals surface area contributed by atoms with E-state index < -0.39 is 0 Å². The van der Waals surface area contributed by atoms with Crippen LogP contribution in [0.25, 0.3) is 5.69 Å². The zero-order valence-corrected chi connectivity index (χ0v) is 11.7. The average Bonchev–Trinajstić information content (AvgIpc) is 2.57. The first-order valence-corrected chi connectivity index (χ1v) is 6.44. The van der Waals surface area contributed by atoms with Gasteiger partial charge in [0.25, 0.3) is 0 Å². The van der Waals surface area contributed by atoms with Crippen LogP contribution in [-0.4, -0.2) is 15.8 Å². The fraction of sp³-hybridized carbons (Fsp3) is 0.357. The number of hydrogen-bond donors (Lipinski definition) is 1. The molecule has 0 radical (unpaired) electrons. The number of nitrogens with zero attached hydrogens (tertiary/aromatic N) is 2. The maximum Gasteiger partial charge on any atom is 0.0835 e. The first-order chi connectivity index (χ1) is 8.50. The number of nitrogens with two attached hydrogens (primary N) is 1. The number of rotatable bonds is 3. The van der Waals surface area contributed by atoms with Gasteiger partial charge in [-0.15, -0.1) is 0 Å². The minimum absolute atomic E-state index is 0.131. The van der Waals surface area contributed by atoms with Gasteiger partial charge >= 0.3 is 0 Å². The van der Waals surface area contributed by atoms with Gasteiger partial charge in [0.05, 0.1) is 16.4 Å². The summed E-state index contributed by atoms with van der Waals surface area (Å²) >= 11 is 6.21. The van der Waals surface area contributed by atoms with Gasteiger partial charge in [0.1, 0.15) is 0 Å². The summed E-state index contributed by atoms with van der Waals surface area (Å²) in [6, 6.07) is 7.85. The van der Waals surface area contributed by atoms with Crippen molar-refractivity contribution in [2.45, 2.75) is 33.2 Å². The summed E-state index contributed by atoms with van der Waals surface area (Å²) in [5.74, 6) is 0. The minimum Gasteiger partial charge on any atom is -0.328 e. The Balaban J connectivity index is 2.51. The van der Waals surface area contributed by atoms with Crippen LogP contribution in [0.15, 0.2) is 24.3 Å². The van der Waals surface area contributed by atoms with E-state index in [1.54, 1.807) is 0 Å². The molecule has 1 heterocycles. The summed E-state index contributed by atoms with van der Waals surface area (Å²) in [5, 5.41) is 5.28. The van der Waals surface area contributed by atoms with Crippen molar-refractivity contribution >= 4 is 11.6 Å². The number of aromatic nitrogens is 2. The van der Waals surface area contributed by atoms with Gasteiger partial charge in [0.15, 0.2) is 0 Å². The molecule has 4 heteroatoms. The Morgan fingerprint density at radius 3 is 2.61 bits per heavy atom. The number of halogens is 1. The number of aryl methyl sites for hydroxylation is 1. The number of para-hydroxylation sites is 1. The molecule has 0 saturated heterocycles. The molecule has 1 atom stereocenters. The highest BCUT2D eigenvalue weighted by molar-refractivity contribution is 6.32. The van der Waals surface area contributed by atoms with Crippen LogP contribution in [0.2, 0.25) is 5.02 Å². The third kappa shape index (κ3) is 2.42. The van der Waals surface area contributed by atoms with Crippen LogP contribution in [0.1, 0.15) is 23.9 Å². The van der Waals surface area contributed by atoms with E-state index in [2.05, 4.69) is 12.0 Å². The van der Waals surface area contributed by atoms with E-state index in [4.69, 9.17) is 17.3 Å². The van der Waals surface area contributed by atoms with Gasteiger partial charge in [-0.3, -0.25) is 0 Å². The lowest BCUT2D eigenvalue weighted by Crippen LogP contribution is -2.18. The van der Waals surface area contributed by atoms with Gasteiger partial charge in [0.2, 0.25) is 0 Å². The topological polar surface area (TPSA) is 43.8 Å². The lowest BCUT2D eigenvalue weighted by Gasteiger charge is -2.08. The molecular formula is C14H18ClN3. The van der Waals surface area contributed by atoms with E-state index in [1.165, 1.54) is 5.56 Å². The van der Waals surface area contributed by atoms with Crippen LogP contribution in [-0.2, 0) is 6.42 Å². The highest BCUT2D eigenvalue weighted by atomic mass is 35.5. The third-order valence-electron chi connectivity index (χ3n) is 3.05. The molecule has 1 aromatic heterocycles. The van der Waals surface area contributed by atoms with Gasteiger partial charge < -0.3 is 5.73 Å². The molecule has 2 aromatic rings. The Kier molecular flexibility index (Phi) is 3.73. The van der Waals surface area contributed by atoms with Crippen LogP contribution in [0.5, 0.6) is 0 Å². The molecule has 96 valence electrons. The van der Waals surface area contributed by atoms with Crippen molar-refractivity contribution in [3.63, 3.8) is 0 Å². The van der Waals surface area contributed by atoms with Crippen molar-refractivity contribution < 1.29 is 0 Å². The second-order valence-electron chi connectivity index (χ2n) is 4.69. The second-order valence-corrected chi connectivity index (χ2v) is 5.10. The molecular weight excluding hydrogens is 246 g/mol. The van der Waals surface area contributed by atoms with E-state index >= 15 is 0 Å². The molecule has 0 spiro atoms. The lowest BCUT2D eigenvalue weighted by atomic mass is 10.1. The Bertz CT molecular complexity index is 558. The lowest BCUT2D eigenvalue weighted by molar-refractivity contribution is 0.730. The summed E-state index contributed by atoms with van der Waals surface area (Å²) in [6.07, 6.45) is 0.835. The Morgan fingerprint density at radius 1 is 1.33 bits per heavy atom. The van der Waals surface area contributed by atoms with Gasteiger partial charge in [-0.1, -0.05) is 23.7 Å². The summed E-state index contributed by atoms with van der Waals surface area (Å²) in [5.41, 5.74) is 10.1. The summed E-state index contributed by atoms with van der Waals surface area (Å²) in [6.45, 7) is 6.07. The van der Waals surface area contributed by atoms with Crippen LogP contribution >= 0.6 is 11.6 Å². The standard InChI is InChI=1S/C14H18ClN3/c1-9(16)8-12-10(2)17-18(11(12)3)14-7-5-4-6-13(14)15/h4-7,9H,8,16H2,1-3H3. The largest absolute Gasteiger partial charge is 0.328 e. The second kappa shape index (κ2) is 5.12. The summed E-state index contributed by atoms with van der Waals surface area (Å²) in [4.78, 5) is 0. The molecule has 1 aromatic carbocycles. The Hall–Kier alpha value is -1.32. The Labute approximate surface area is 113 Å². The molecule has 3 nitrogen and oxygen atoms in total. The van der Waals surface area contributed by atoms with Crippen LogP contribution in [0.3, 0.4) is 0 Å². The van der Waals surface area contributed by atoms with Crippen molar-refractivity contribution in [3.8, 4) is 5.69 Å². The molecule has 0 amide bonds. The molecule has 1 unspecified atom stereocenters. The van der Waals surface area contributed by atoms with Gasteiger partial charge in [-0.05, 0) is 44.9 Å². The first kappa shape index (κ1) is 13.1. The van der Waals surface area contributed by atoms with Gasteiger partial charge in [-0.2, -0.15) is 5.10 Å². The monoisotopic (exact) mass is 263 g/mol. The fourth-order valence-electron chi connectivity index (χ4n) is 2.15. The van der Waals surface area contributed by atoms with E-state index in [0.717, 1.165) is 23.5 Å². The predicted molar refractivity (Wildman–Crippen MR) is 75.4 cm³/mol. The van der Waals surface area contributed by atoms with Crippen LogP contribution in [0, 0.1) is 13.8 Å². The smallest absolute Gasteiger partial charge is 0.0835 e. The number of benzene rings is 1. The van der Waals surface area contributed by atoms with Crippen molar-refractivity contribution in [2.75, 3.05) is 0 Å². The molecule has 0 bridgehead atoms. The zero-order chi connectivity index (χ0) is 13.3. The van der Waals surface area contributed by atoms with Crippen LogP contribution < -0.4 is 5.73 Å². The Morgan fingerprint density at radius 2 is 2.00 bits per heavy atom. The maximum absolute atomic E-state index is 6.21. The molecule has 18 heavy (non-hydrogen) atoms. The predicted octanol–water partition coefficient (Wildman–Crippen LogP) is 3.03. The van der Waals surface area contributed by atoms with E-state index in [1.807, 2.05) is 42.8 Å². The molecule has 0 saturated carbocycles. The number of hydrogen-bond acceptors (Lipinski definition) is 2.